The number of amides is 1. The van der Waals surface area contributed by atoms with Gasteiger partial charge in [0, 0.05) is 8.59 Å². The van der Waals surface area contributed by atoms with Crippen LogP contribution >= 0.6 is 57.1 Å². The molecule has 1 amide bonds. The van der Waals surface area contributed by atoms with Gasteiger partial charge in [-0.2, -0.15) is 0 Å². The van der Waals surface area contributed by atoms with Crippen LogP contribution in [0.2, 0.25) is 10.0 Å². The number of nitrogens with one attached hydrogen (secondary N) is 1. The number of hydrogen-bond acceptors (Lipinski definition) is 3. The zero-order chi connectivity index (χ0) is 15.0. The largest absolute Gasteiger partial charge is 0.298 e. The molecule has 1 heterocycles. The number of rotatable bonds is 2. The summed E-state index contributed by atoms with van der Waals surface area (Å²) < 4.78 is 1.72. The van der Waals surface area contributed by atoms with Crippen LogP contribution in [0.3, 0.4) is 0 Å². The minimum Gasteiger partial charge on any atom is -0.298 e. The SMILES string of the molecule is O=C(Nc1nc2c(Cl)cc(Cl)cc2s1)c1ccccc1I. The molecule has 1 aromatic heterocycles. The van der Waals surface area contributed by atoms with Crippen LogP contribution in [0.4, 0.5) is 5.13 Å². The Kier molecular flexibility index (Phi) is 4.35. The summed E-state index contributed by atoms with van der Waals surface area (Å²) in [5.74, 6) is -0.193. The molecule has 0 aliphatic carbocycles. The molecule has 0 aliphatic rings. The van der Waals surface area contributed by atoms with Crippen LogP contribution in [0.15, 0.2) is 36.4 Å². The topological polar surface area (TPSA) is 42.0 Å². The molecule has 0 saturated carbocycles. The number of anilines is 1. The minimum absolute atomic E-state index is 0.193. The number of benzene rings is 2. The maximum atomic E-state index is 12.3. The van der Waals surface area contributed by atoms with E-state index < -0.39 is 0 Å². The number of aromatic nitrogens is 1. The third-order valence-electron chi connectivity index (χ3n) is 2.75. The number of fused-ring (bicyclic) bond motifs is 1. The second-order valence-electron chi connectivity index (χ2n) is 4.19. The monoisotopic (exact) mass is 448 g/mol. The van der Waals surface area contributed by atoms with E-state index in [4.69, 9.17) is 23.2 Å². The van der Waals surface area contributed by atoms with Gasteiger partial charge in [0.25, 0.3) is 5.91 Å². The fraction of sp³-hybridized carbons (Fsp3) is 0. The molecule has 3 nitrogen and oxygen atoms in total. The number of nitrogens with zero attached hydrogens (tertiary/aromatic N) is 1. The van der Waals surface area contributed by atoms with Crippen molar-refractivity contribution in [3.8, 4) is 0 Å². The van der Waals surface area contributed by atoms with Gasteiger partial charge in [0.15, 0.2) is 5.13 Å². The first kappa shape index (κ1) is 15.0. The Bertz CT molecular complexity index is 850. The van der Waals surface area contributed by atoms with E-state index in [2.05, 4.69) is 32.9 Å². The van der Waals surface area contributed by atoms with E-state index in [0.717, 1.165) is 8.27 Å². The van der Waals surface area contributed by atoms with Crippen LogP contribution < -0.4 is 5.32 Å². The van der Waals surface area contributed by atoms with Crippen molar-refractivity contribution >= 4 is 78.4 Å². The molecular weight excluding hydrogens is 442 g/mol. The van der Waals surface area contributed by atoms with Crippen LogP contribution in [0.1, 0.15) is 10.4 Å². The van der Waals surface area contributed by atoms with Crippen molar-refractivity contribution in [2.45, 2.75) is 0 Å². The summed E-state index contributed by atoms with van der Waals surface area (Å²) in [4.78, 5) is 16.6. The third kappa shape index (κ3) is 3.15. The van der Waals surface area contributed by atoms with E-state index in [1.165, 1.54) is 11.3 Å². The summed E-state index contributed by atoms with van der Waals surface area (Å²) in [6, 6.07) is 10.8. The van der Waals surface area contributed by atoms with Crippen molar-refractivity contribution in [2.75, 3.05) is 5.32 Å². The second kappa shape index (κ2) is 6.08. The van der Waals surface area contributed by atoms with E-state index in [9.17, 15) is 4.79 Å². The van der Waals surface area contributed by atoms with Gasteiger partial charge in [-0.3, -0.25) is 10.1 Å². The van der Waals surface area contributed by atoms with Crippen molar-refractivity contribution in [1.82, 2.24) is 4.98 Å². The van der Waals surface area contributed by atoms with Gasteiger partial charge >= 0.3 is 0 Å². The quantitative estimate of drug-likeness (QED) is 0.529. The lowest BCUT2D eigenvalue weighted by Crippen LogP contribution is -2.12. The van der Waals surface area contributed by atoms with Gasteiger partial charge < -0.3 is 0 Å². The van der Waals surface area contributed by atoms with Gasteiger partial charge in [0.2, 0.25) is 0 Å². The van der Waals surface area contributed by atoms with Crippen LogP contribution in [-0.4, -0.2) is 10.9 Å². The maximum Gasteiger partial charge on any atom is 0.258 e. The summed E-state index contributed by atoms with van der Waals surface area (Å²) in [7, 11) is 0. The zero-order valence-corrected chi connectivity index (χ0v) is 14.8. The molecule has 106 valence electrons. The molecule has 0 atom stereocenters. The predicted molar refractivity (Wildman–Crippen MR) is 96.8 cm³/mol. The van der Waals surface area contributed by atoms with Crippen LogP contribution in [0, 0.1) is 3.57 Å². The van der Waals surface area contributed by atoms with E-state index >= 15 is 0 Å². The molecule has 0 bridgehead atoms. The van der Waals surface area contributed by atoms with Crippen LogP contribution in [0.25, 0.3) is 10.2 Å². The smallest absolute Gasteiger partial charge is 0.258 e. The predicted octanol–water partition coefficient (Wildman–Crippen LogP) is 5.46. The molecule has 2 aromatic carbocycles. The van der Waals surface area contributed by atoms with Crippen molar-refractivity contribution < 1.29 is 4.79 Å². The number of carbonyl (C=O) groups excluding carboxylic acids is 1. The molecule has 0 saturated heterocycles. The molecule has 0 fully saturated rings. The molecular formula is C14H7Cl2IN2OS. The molecule has 1 N–H and O–H groups in total. The highest BCUT2D eigenvalue weighted by molar-refractivity contribution is 14.1. The highest BCUT2D eigenvalue weighted by Gasteiger charge is 2.13. The third-order valence-corrected chi connectivity index (χ3v) is 5.12. The molecule has 0 unspecified atom stereocenters. The Morgan fingerprint density at radius 3 is 2.76 bits per heavy atom. The Morgan fingerprint density at radius 2 is 2.00 bits per heavy atom. The Labute approximate surface area is 148 Å². The highest BCUT2D eigenvalue weighted by atomic mass is 127. The summed E-state index contributed by atoms with van der Waals surface area (Å²) in [5, 5.41) is 4.32. The van der Waals surface area contributed by atoms with Crippen molar-refractivity contribution in [3.63, 3.8) is 0 Å². The second-order valence-corrected chi connectivity index (χ2v) is 7.22. The average Bonchev–Trinajstić information content (AvgIpc) is 2.81. The standard InChI is InChI=1S/C14H7Cl2IN2OS/c15-7-5-9(16)12-11(6-7)21-14(18-12)19-13(20)8-3-1-2-4-10(8)17/h1-6H,(H,18,19,20). The highest BCUT2D eigenvalue weighted by Crippen LogP contribution is 2.33. The van der Waals surface area contributed by atoms with Crippen molar-refractivity contribution in [2.24, 2.45) is 0 Å². The Balaban J connectivity index is 1.94. The van der Waals surface area contributed by atoms with Gasteiger partial charge in [-0.1, -0.05) is 46.7 Å². The van der Waals surface area contributed by atoms with Gasteiger partial charge in [0.1, 0.15) is 5.52 Å². The van der Waals surface area contributed by atoms with Gasteiger partial charge in [0.05, 0.1) is 15.3 Å². The molecule has 0 spiro atoms. The summed E-state index contributed by atoms with van der Waals surface area (Å²) in [5.41, 5.74) is 1.26. The number of halogens is 3. The summed E-state index contributed by atoms with van der Waals surface area (Å²) in [6.07, 6.45) is 0. The average molecular weight is 449 g/mol. The first-order chi connectivity index (χ1) is 10.0. The van der Waals surface area contributed by atoms with Gasteiger partial charge in [-0.25, -0.2) is 4.98 Å². The maximum absolute atomic E-state index is 12.3. The zero-order valence-electron chi connectivity index (χ0n) is 10.4. The van der Waals surface area contributed by atoms with E-state index in [-0.39, 0.29) is 5.91 Å². The normalized spacial score (nSPS) is 10.8. The lowest BCUT2D eigenvalue weighted by molar-refractivity contribution is 0.102. The van der Waals surface area contributed by atoms with Crippen molar-refractivity contribution in [3.05, 3.63) is 55.6 Å². The molecule has 7 heteroatoms. The molecule has 0 radical (unpaired) electrons. The fourth-order valence-electron chi connectivity index (χ4n) is 1.82. The van der Waals surface area contributed by atoms with Gasteiger partial charge in [-0.05, 0) is 46.9 Å². The Hall–Kier alpha value is -0.890. The fourth-order valence-corrected chi connectivity index (χ4v) is 4.04. The van der Waals surface area contributed by atoms with E-state index in [1.54, 1.807) is 18.2 Å². The lowest BCUT2D eigenvalue weighted by Gasteiger charge is -2.03. The summed E-state index contributed by atoms with van der Waals surface area (Å²) in [6.45, 7) is 0. The van der Waals surface area contributed by atoms with E-state index in [1.807, 2.05) is 18.2 Å². The molecule has 0 aliphatic heterocycles. The van der Waals surface area contributed by atoms with E-state index in [0.29, 0.717) is 26.3 Å². The van der Waals surface area contributed by atoms with Gasteiger partial charge in [-0.15, -0.1) is 0 Å². The Morgan fingerprint density at radius 1 is 1.24 bits per heavy atom. The number of carbonyl (C=O) groups is 1. The van der Waals surface area contributed by atoms with Crippen LogP contribution in [-0.2, 0) is 0 Å². The van der Waals surface area contributed by atoms with Crippen molar-refractivity contribution in [1.29, 1.82) is 0 Å². The molecule has 3 rings (SSSR count). The number of hydrogen-bond donors (Lipinski definition) is 1. The first-order valence-electron chi connectivity index (χ1n) is 5.86. The minimum atomic E-state index is -0.193. The molecule has 21 heavy (non-hydrogen) atoms. The lowest BCUT2D eigenvalue weighted by atomic mass is 10.2. The number of thiazole rings is 1. The first-order valence-corrected chi connectivity index (χ1v) is 8.51. The molecule has 3 aromatic rings. The summed E-state index contributed by atoms with van der Waals surface area (Å²) >= 11 is 15.5. The van der Waals surface area contributed by atoms with Crippen LogP contribution in [0.5, 0.6) is 0 Å².